The van der Waals surface area contributed by atoms with Gasteiger partial charge in [-0.15, -0.1) is 0 Å². The minimum atomic E-state index is 0.199. The van der Waals surface area contributed by atoms with Crippen LogP contribution >= 0.6 is 15.9 Å². The molecule has 0 bridgehead atoms. The van der Waals surface area contributed by atoms with Crippen molar-refractivity contribution in [3.63, 3.8) is 0 Å². The Balaban J connectivity index is 2.15. The Morgan fingerprint density at radius 2 is 2.08 bits per heavy atom. The maximum Gasteiger partial charge on any atom is 0.0524 e. The second kappa shape index (κ2) is 3.00. The van der Waals surface area contributed by atoms with Gasteiger partial charge in [0.25, 0.3) is 0 Å². The van der Waals surface area contributed by atoms with Crippen molar-refractivity contribution >= 4 is 15.9 Å². The zero-order chi connectivity index (χ0) is 8.60. The first-order valence-corrected chi connectivity index (χ1v) is 5.23. The van der Waals surface area contributed by atoms with Crippen LogP contribution < -0.4 is 0 Å². The molecule has 0 radical (unpaired) electrons. The first-order chi connectivity index (χ1) is 5.77. The van der Waals surface area contributed by atoms with E-state index in [-0.39, 0.29) is 5.41 Å². The van der Waals surface area contributed by atoms with Crippen molar-refractivity contribution in [3.05, 3.63) is 22.2 Å². The number of hydrogen-bond acceptors (Lipinski definition) is 1. The molecule has 66 valence electrons. The molecule has 0 spiro atoms. The quantitative estimate of drug-likeness (QED) is 0.771. The molecule has 0 saturated heterocycles. The fourth-order valence-corrected chi connectivity index (χ4v) is 2.12. The molecule has 0 atom stereocenters. The van der Waals surface area contributed by atoms with E-state index in [9.17, 15) is 5.11 Å². The molecule has 2 heteroatoms. The molecule has 0 unspecified atom stereocenters. The van der Waals surface area contributed by atoms with Crippen LogP contribution in [-0.4, -0.2) is 11.7 Å². The monoisotopic (exact) mass is 228 g/mol. The minimum absolute atomic E-state index is 0.199. The molecule has 1 N–H and O–H groups in total. The van der Waals surface area contributed by atoms with E-state index in [0.717, 1.165) is 12.8 Å². The molecule has 0 aliphatic heterocycles. The van der Waals surface area contributed by atoms with E-state index in [1.165, 1.54) is 22.9 Å². The molecule has 0 aromatic heterocycles. The summed E-state index contributed by atoms with van der Waals surface area (Å²) in [5.74, 6) is 0. The van der Waals surface area contributed by atoms with Gasteiger partial charge in [0.1, 0.15) is 0 Å². The van der Waals surface area contributed by atoms with Gasteiger partial charge >= 0.3 is 0 Å². The van der Waals surface area contributed by atoms with Gasteiger partial charge in [-0.2, -0.15) is 0 Å². The van der Waals surface area contributed by atoms with Crippen LogP contribution in [0.25, 0.3) is 0 Å². The van der Waals surface area contributed by atoms with Crippen LogP contribution in [0.1, 0.15) is 25.7 Å². The normalized spacial score (nSPS) is 26.2. The highest BCUT2D eigenvalue weighted by Gasteiger charge is 2.44. The van der Waals surface area contributed by atoms with Gasteiger partial charge in [-0.1, -0.05) is 33.7 Å². The molecule has 1 fully saturated rings. The molecular formula is C10H13BrO. The third-order valence-corrected chi connectivity index (χ3v) is 3.60. The number of aliphatic hydroxyl groups is 1. The Morgan fingerprint density at radius 3 is 2.50 bits per heavy atom. The van der Waals surface area contributed by atoms with Gasteiger partial charge in [0, 0.05) is 5.41 Å². The summed E-state index contributed by atoms with van der Waals surface area (Å²) in [6.07, 6.45) is 8.89. The van der Waals surface area contributed by atoms with Crippen molar-refractivity contribution < 1.29 is 5.11 Å². The van der Waals surface area contributed by atoms with Crippen molar-refractivity contribution in [1.82, 2.24) is 0 Å². The average Bonchev–Trinajstić information content (AvgIpc) is 2.86. The third-order valence-electron chi connectivity index (χ3n) is 2.94. The molecule has 1 saturated carbocycles. The Labute approximate surface area is 81.3 Å². The summed E-state index contributed by atoms with van der Waals surface area (Å²) in [6, 6.07) is 0. The predicted molar refractivity (Wildman–Crippen MR) is 53.1 cm³/mol. The second-order valence-electron chi connectivity index (χ2n) is 3.74. The van der Waals surface area contributed by atoms with Crippen LogP contribution in [0.4, 0.5) is 0 Å². The molecular weight excluding hydrogens is 216 g/mol. The van der Waals surface area contributed by atoms with Gasteiger partial charge in [0.2, 0.25) is 0 Å². The Kier molecular flexibility index (Phi) is 2.13. The third kappa shape index (κ3) is 1.38. The summed E-state index contributed by atoms with van der Waals surface area (Å²) in [5, 5.41) is 9.20. The highest BCUT2D eigenvalue weighted by molar-refractivity contribution is 9.11. The molecule has 2 aliphatic rings. The van der Waals surface area contributed by atoms with E-state index in [4.69, 9.17) is 0 Å². The standard InChI is InChI=1S/C10H13BrO/c11-9-3-1-8(2-4-9)10(7-12)5-6-10/h1,3,12H,2,4-7H2. The summed E-state index contributed by atoms with van der Waals surface area (Å²) < 4.78 is 1.28. The number of aliphatic hydroxyl groups excluding tert-OH is 1. The second-order valence-corrected chi connectivity index (χ2v) is 4.76. The van der Waals surface area contributed by atoms with Crippen LogP contribution in [-0.2, 0) is 0 Å². The summed E-state index contributed by atoms with van der Waals surface area (Å²) in [7, 11) is 0. The van der Waals surface area contributed by atoms with Gasteiger partial charge in [-0.3, -0.25) is 0 Å². The predicted octanol–water partition coefficient (Wildman–Crippen LogP) is 2.76. The molecule has 0 heterocycles. The summed E-state index contributed by atoms with van der Waals surface area (Å²) >= 11 is 3.48. The van der Waals surface area contributed by atoms with E-state index < -0.39 is 0 Å². The SMILES string of the molecule is OCC1(C2=CC=C(Br)CC2)CC1. The van der Waals surface area contributed by atoms with Crippen molar-refractivity contribution in [2.24, 2.45) is 5.41 Å². The smallest absolute Gasteiger partial charge is 0.0524 e. The van der Waals surface area contributed by atoms with E-state index in [1.54, 1.807) is 0 Å². The Hall–Kier alpha value is -0.0800. The van der Waals surface area contributed by atoms with Gasteiger partial charge in [0.05, 0.1) is 6.61 Å². The van der Waals surface area contributed by atoms with E-state index in [2.05, 4.69) is 28.1 Å². The first-order valence-electron chi connectivity index (χ1n) is 4.43. The molecule has 0 aromatic carbocycles. The maximum atomic E-state index is 9.20. The molecule has 2 rings (SSSR count). The lowest BCUT2D eigenvalue weighted by Gasteiger charge is -2.19. The average molecular weight is 229 g/mol. The molecule has 0 amide bonds. The van der Waals surface area contributed by atoms with Crippen molar-refractivity contribution in [3.8, 4) is 0 Å². The minimum Gasteiger partial charge on any atom is -0.395 e. The highest BCUT2D eigenvalue weighted by atomic mass is 79.9. The van der Waals surface area contributed by atoms with Gasteiger partial charge < -0.3 is 5.11 Å². The fourth-order valence-electron chi connectivity index (χ4n) is 1.79. The lowest BCUT2D eigenvalue weighted by Crippen LogP contribution is -2.11. The largest absolute Gasteiger partial charge is 0.395 e. The lowest BCUT2D eigenvalue weighted by atomic mass is 9.90. The first kappa shape index (κ1) is 8.52. The molecule has 0 aromatic rings. The van der Waals surface area contributed by atoms with Gasteiger partial charge in [-0.25, -0.2) is 0 Å². The van der Waals surface area contributed by atoms with Crippen molar-refractivity contribution in [2.75, 3.05) is 6.61 Å². The van der Waals surface area contributed by atoms with E-state index in [0.29, 0.717) is 6.61 Å². The summed E-state index contributed by atoms with van der Waals surface area (Å²) in [5.41, 5.74) is 1.65. The van der Waals surface area contributed by atoms with Crippen LogP contribution in [0.15, 0.2) is 22.2 Å². The zero-order valence-corrected chi connectivity index (χ0v) is 8.60. The van der Waals surface area contributed by atoms with Gasteiger partial charge in [0.15, 0.2) is 0 Å². The van der Waals surface area contributed by atoms with Gasteiger partial charge in [-0.05, 0) is 30.2 Å². The van der Waals surface area contributed by atoms with E-state index in [1.807, 2.05) is 0 Å². The topological polar surface area (TPSA) is 20.2 Å². The highest BCUT2D eigenvalue weighted by Crippen LogP contribution is 2.53. The maximum absolute atomic E-state index is 9.20. The number of hydrogen-bond donors (Lipinski definition) is 1. The number of allylic oxidation sites excluding steroid dienone is 3. The van der Waals surface area contributed by atoms with Crippen molar-refractivity contribution in [1.29, 1.82) is 0 Å². The van der Waals surface area contributed by atoms with E-state index >= 15 is 0 Å². The molecule has 12 heavy (non-hydrogen) atoms. The lowest BCUT2D eigenvalue weighted by molar-refractivity contribution is 0.231. The molecule has 2 aliphatic carbocycles. The van der Waals surface area contributed by atoms with Crippen LogP contribution in [0.5, 0.6) is 0 Å². The number of halogens is 1. The summed E-state index contributed by atoms with van der Waals surface area (Å²) in [4.78, 5) is 0. The van der Waals surface area contributed by atoms with Crippen molar-refractivity contribution in [2.45, 2.75) is 25.7 Å². The number of rotatable bonds is 2. The Bertz CT molecular complexity index is 249. The molecule has 1 nitrogen and oxygen atoms in total. The van der Waals surface area contributed by atoms with Crippen LogP contribution in [0.2, 0.25) is 0 Å². The zero-order valence-electron chi connectivity index (χ0n) is 7.02. The van der Waals surface area contributed by atoms with Crippen LogP contribution in [0.3, 0.4) is 0 Å². The fraction of sp³-hybridized carbons (Fsp3) is 0.600. The summed E-state index contributed by atoms with van der Waals surface area (Å²) in [6.45, 7) is 0.338. The van der Waals surface area contributed by atoms with Crippen LogP contribution in [0, 0.1) is 5.41 Å². The Morgan fingerprint density at radius 1 is 1.33 bits per heavy atom.